The van der Waals surface area contributed by atoms with Gasteiger partial charge in [-0.1, -0.05) is 6.07 Å². The van der Waals surface area contributed by atoms with E-state index in [4.69, 9.17) is 0 Å². The van der Waals surface area contributed by atoms with Gasteiger partial charge in [0.05, 0.1) is 0 Å². The van der Waals surface area contributed by atoms with Crippen LogP contribution in [0.15, 0.2) is 30.9 Å². The standard InChI is InChI=1S/C11H12N4O/c1-12-4-9-2-3-11(13-5-9)15-6-10(7-16)14-8-15/h2-3,5-8,12H,4H2,1H3. The molecule has 0 unspecified atom stereocenters. The summed E-state index contributed by atoms with van der Waals surface area (Å²) in [5.41, 5.74) is 1.52. The second-order valence-corrected chi connectivity index (χ2v) is 3.38. The molecule has 2 aromatic heterocycles. The summed E-state index contributed by atoms with van der Waals surface area (Å²) < 4.78 is 1.72. The predicted molar refractivity (Wildman–Crippen MR) is 59.5 cm³/mol. The van der Waals surface area contributed by atoms with Gasteiger partial charge in [-0.2, -0.15) is 0 Å². The Kier molecular flexibility index (Phi) is 3.07. The Morgan fingerprint density at radius 3 is 2.88 bits per heavy atom. The maximum absolute atomic E-state index is 10.5. The molecule has 0 aromatic carbocycles. The quantitative estimate of drug-likeness (QED) is 0.768. The summed E-state index contributed by atoms with van der Waals surface area (Å²) >= 11 is 0. The highest BCUT2D eigenvalue weighted by Crippen LogP contribution is 2.06. The maximum atomic E-state index is 10.5. The number of hydrogen-bond acceptors (Lipinski definition) is 4. The largest absolute Gasteiger partial charge is 0.316 e. The van der Waals surface area contributed by atoms with Crippen LogP contribution in [-0.2, 0) is 6.54 Å². The normalized spacial score (nSPS) is 10.3. The molecule has 0 saturated heterocycles. The number of aromatic nitrogens is 3. The zero-order valence-electron chi connectivity index (χ0n) is 8.92. The summed E-state index contributed by atoms with van der Waals surface area (Å²) in [5, 5.41) is 3.05. The molecule has 0 radical (unpaired) electrons. The average molecular weight is 216 g/mol. The van der Waals surface area contributed by atoms with E-state index in [0.717, 1.165) is 17.9 Å². The van der Waals surface area contributed by atoms with Gasteiger partial charge < -0.3 is 5.32 Å². The van der Waals surface area contributed by atoms with Gasteiger partial charge in [0, 0.05) is 18.9 Å². The molecule has 2 rings (SSSR count). The molecular formula is C11H12N4O. The molecule has 82 valence electrons. The second-order valence-electron chi connectivity index (χ2n) is 3.38. The molecule has 0 saturated carbocycles. The Labute approximate surface area is 93.2 Å². The van der Waals surface area contributed by atoms with E-state index in [2.05, 4.69) is 15.3 Å². The number of aldehydes is 1. The number of nitrogens with one attached hydrogen (secondary N) is 1. The Balaban J connectivity index is 2.23. The smallest absolute Gasteiger partial charge is 0.170 e. The Hall–Kier alpha value is -2.01. The molecule has 0 amide bonds. The number of pyridine rings is 1. The van der Waals surface area contributed by atoms with Crippen molar-refractivity contribution in [3.63, 3.8) is 0 Å². The van der Waals surface area contributed by atoms with E-state index in [1.165, 1.54) is 0 Å². The fourth-order valence-electron chi connectivity index (χ4n) is 1.40. The number of carbonyl (C=O) groups excluding carboxylic acids is 1. The number of imidazole rings is 1. The molecule has 1 N–H and O–H groups in total. The lowest BCUT2D eigenvalue weighted by Crippen LogP contribution is -2.05. The molecule has 0 aliphatic rings. The topological polar surface area (TPSA) is 59.8 Å². The van der Waals surface area contributed by atoms with Gasteiger partial charge in [-0.15, -0.1) is 0 Å². The van der Waals surface area contributed by atoms with Crippen molar-refractivity contribution in [2.24, 2.45) is 0 Å². The summed E-state index contributed by atoms with van der Waals surface area (Å²) in [6.45, 7) is 0.788. The lowest BCUT2D eigenvalue weighted by molar-refractivity contribution is 0.111. The predicted octanol–water partition coefficient (Wildman–Crippen LogP) is 0.799. The highest BCUT2D eigenvalue weighted by Gasteiger charge is 2.00. The van der Waals surface area contributed by atoms with E-state index in [9.17, 15) is 4.79 Å². The van der Waals surface area contributed by atoms with Crippen molar-refractivity contribution in [1.29, 1.82) is 0 Å². The number of carbonyl (C=O) groups is 1. The molecule has 0 bridgehead atoms. The first kappa shape index (κ1) is 10.5. The van der Waals surface area contributed by atoms with Crippen LogP contribution in [0.25, 0.3) is 5.82 Å². The average Bonchev–Trinajstić information content (AvgIpc) is 2.79. The van der Waals surface area contributed by atoms with Gasteiger partial charge >= 0.3 is 0 Å². The van der Waals surface area contributed by atoms with Gasteiger partial charge in [0.25, 0.3) is 0 Å². The molecule has 0 fully saturated rings. The maximum Gasteiger partial charge on any atom is 0.170 e. The van der Waals surface area contributed by atoms with Gasteiger partial charge in [-0.3, -0.25) is 9.36 Å². The number of hydrogen-bond donors (Lipinski definition) is 1. The zero-order valence-corrected chi connectivity index (χ0v) is 8.92. The minimum Gasteiger partial charge on any atom is -0.316 e. The van der Waals surface area contributed by atoms with Gasteiger partial charge in [-0.05, 0) is 18.7 Å². The van der Waals surface area contributed by atoms with Crippen molar-refractivity contribution in [1.82, 2.24) is 19.9 Å². The van der Waals surface area contributed by atoms with Crippen molar-refractivity contribution < 1.29 is 4.79 Å². The SMILES string of the molecule is CNCc1ccc(-n2cnc(C=O)c2)nc1. The van der Waals surface area contributed by atoms with Crippen molar-refractivity contribution in [3.8, 4) is 5.82 Å². The molecule has 5 nitrogen and oxygen atoms in total. The van der Waals surface area contributed by atoms with Crippen LogP contribution in [0.5, 0.6) is 0 Å². The van der Waals surface area contributed by atoms with Crippen LogP contribution in [0.1, 0.15) is 16.1 Å². The molecule has 0 spiro atoms. The van der Waals surface area contributed by atoms with Crippen molar-refractivity contribution in [2.45, 2.75) is 6.54 Å². The lowest BCUT2D eigenvalue weighted by atomic mass is 10.3. The molecule has 16 heavy (non-hydrogen) atoms. The summed E-state index contributed by atoms with van der Waals surface area (Å²) in [7, 11) is 1.89. The summed E-state index contributed by atoms with van der Waals surface area (Å²) in [6, 6.07) is 3.88. The summed E-state index contributed by atoms with van der Waals surface area (Å²) in [6.07, 6.45) is 5.73. The third-order valence-electron chi connectivity index (χ3n) is 2.18. The Bertz CT molecular complexity index is 475. The monoisotopic (exact) mass is 216 g/mol. The molecule has 2 aromatic rings. The highest BCUT2D eigenvalue weighted by atomic mass is 16.1. The second kappa shape index (κ2) is 4.67. The van der Waals surface area contributed by atoms with E-state index in [1.807, 2.05) is 19.2 Å². The van der Waals surface area contributed by atoms with Crippen molar-refractivity contribution in [3.05, 3.63) is 42.1 Å². The van der Waals surface area contributed by atoms with Crippen LogP contribution in [0.2, 0.25) is 0 Å². The van der Waals surface area contributed by atoms with E-state index < -0.39 is 0 Å². The Morgan fingerprint density at radius 1 is 1.44 bits per heavy atom. The molecule has 2 heterocycles. The minimum atomic E-state index is 0.404. The molecule has 0 aliphatic heterocycles. The van der Waals surface area contributed by atoms with Crippen molar-refractivity contribution in [2.75, 3.05) is 7.05 Å². The van der Waals surface area contributed by atoms with Gasteiger partial charge in [0.2, 0.25) is 0 Å². The highest BCUT2D eigenvalue weighted by molar-refractivity contribution is 5.71. The van der Waals surface area contributed by atoms with E-state index in [-0.39, 0.29) is 0 Å². The molecule has 5 heteroatoms. The first-order chi connectivity index (χ1) is 7.83. The number of rotatable bonds is 4. The minimum absolute atomic E-state index is 0.404. The van der Waals surface area contributed by atoms with E-state index >= 15 is 0 Å². The van der Waals surface area contributed by atoms with Crippen molar-refractivity contribution >= 4 is 6.29 Å². The first-order valence-electron chi connectivity index (χ1n) is 4.92. The lowest BCUT2D eigenvalue weighted by Gasteiger charge is -2.02. The third kappa shape index (κ3) is 2.14. The van der Waals surface area contributed by atoms with Crippen LogP contribution < -0.4 is 5.32 Å². The van der Waals surface area contributed by atoms with Crippen LogP contribution in [0.3, 0.4) is 0 Å². The zero-order chi connectivity index (χ0) is 11.4. The Morgan fingerprint density at radius 2 is 2.31 bits per heavy atom. The fraction of sp³-hybridized carbons (Fsp3) is 0.182. The number of nitrogens with zero attached hydrogens (tertiary/aromatic N) is 3. The fourth-order valence-corrected chi connectivity index (χ4v) is 1.40. The van der Waals surface area contributed by atoms with E-state index in [1.54, 1.807) is 23.3 Å². The summed E-state index contributed by atoms with van der Waals surface area (Å²) in [4.78, 5) is 18.7. The molecule has 0 aliphatic carbocycles. The van der Waals surface area contributed by atoms with Crippen LogP contribution in [-0.4, -0.2) is 27.9 Å². The molecule has 0 atom stereocenters. The van der Waals surface area contributed by atoms with Gasteiger partial charge in [0.15, 0.2) is 6.29 Å². The van der Waals surface area contributed by atoms with Crippen LogP contribution >= 0.6 is 0 Å². The van der Waals surface area contributed by atoms with Gasteiger partial charge in [-0.25, -0.2) is 9.97 Å². The van der Waals surface area contributed by atoms with E-state index in [0.29, 0.717) is 12.0 Å². The van der Waals surface area contributed by atoms with Crippen LogP contribution in [0, 0.1) is 0 Å². The summed E-state index contributed by atoms with van der Waals surface area (Å²) in [5.74, 6) is 0.750. The first-order valence-corrected chi connectivity index (χ1v) is 4.92. The van der Waals surface area contributed by atoms with Gasteiger partial charge in [0.1, 0.15) is 17.8 Å². The third-order valence-corrected chi connectivity index (χ3v) is 2.18. The molecular weight excluding hydrogens is 204 g/mol. The van der Waals surface area contributed by atoms with Crippen LogP contribution in [0.4, 0.5) is 0 Å².